The van der Waals surface area contributed by atoms with E-state index in [0.717, 1.165) is 13.0 Å². The smallest absolute Gasteiger partial charge is 0.0297 e. The number of benzene rings is 1. The fraction of sp³-hybridized carbons (Fsp3) is 0.312. The van der Waals surface area contributed by atoms with Gasteiger partial charge in [0.25, 0.3) is 0 Å². The summed E-state index contributed by atoms with van der Waals surface area (Å²) in [5.74, 6) is 0. The predicted octanol–water partition coefficient (Wildman–Crippen LogP) is 3.81. The molecule has 0 bridgehead atoms. The summed E-state index contributed by atoms with van der Waals surface area (Å²) in [6.45, 7) is 5.45. The van der Waals surface area contributed by atoms with Gasteiger partial charge >= 0.3 is 0 Å². The van der Waals surface area contributed by atoms with Crippen molar-refractivity contribution in [3.8, 4) is 11.1 Å². The topological polar surface area (TPSA) is 24.9 Å². The summed E-state index contributed by atoms with van der Waals surface area (Å²) in [6.07, 6.45) is 4.84. The van der Waals surface area contributed by atoms with Gasteiger partial charge in [-0.05, 0) is 48.7 Å². The first-order chi connectivity index (χ1) is 8.83. The Kier molecular flexibility index (Phi) is 4.48. The van der Waals surface area contributed by atoms with Crippen LogP contribution in [0.15, 0.2) is 48.8 Å². The lowest BCUT2D eigenvalue weighted by atomic mass is 9.96. The predicted molar refractivity (Wildman–Crippen MR) is 76.4 cm³/mol. The second kappa shape index (κ2) is 6.31. The van der Waals surface area contributed by atoms with Gasteiger partial charge in [0.2, 0.25) is 0 Å². The Balaban J connectivity index is 2.31. The molecule has 2 nitrogen and oxygen atoms in total. The van der Waals surface area contributed by atoms with Gasteiger partial charge in [-0.25, -0.2) is 0 Å². The maximum Gasteiger partial charge on any atom is 0.0297 e. The van der Waals surface area contributed by atoms with Gasteiger partial charge in [-0.3, -0.25) is 4.98 Å². The number of nitrogens with zero attached hydrogens (tertiary/aromatic N) is 1. The molecule has 1 N–H and O–H groups in total. The molecule has 94 valence electrons. The normalized spacial score (nSPS) is 12.3. The van der Waals surface area contributed by atoms with E-state index in [9.17, 15) is 0 Å². The molecule has 0 saturated heterocycles. The van der Waals surface area contributed by atoms with Crippen molar-refractivity contribution >= 4 is 0 Å². The summed E-state index contributed by atoms with van der Waals surface area (Å²) >= 11 is 0. The standard InChI is InChI=1S/C16H20N2/c1-3-10-18-13(2)15-6-4-5-7-16(15)14-8-11-17-12-9-14/h4-9,11-13,18H,3,10H2,1-2H3. The SMILES string of the molecule is CCCNC(C)c1ccccc1-c1ccncc1. The fourth-order valence-electron chi connectivity index (χ4n) is 2.14. The molecule has 2 heteroatoms. The molecule has 1 aromatic carbocycles. The van der Waals surface area contributed by atoms with Crippen molar-refractivity contribution in [2.45, 2.75) is 26.3 Å². The van der Waals surface area contributed by atoms with Crippen LogP contribution in [0.1, 0.15) is 31.9 Å². The second-order valence-electron chi connectivity index (χ2n) is 4.50. The Bertz CT molecular complexity index is 479. The van der Waals surface area contributed by atoms with Crippen LogP contribution in [0.3, 0.4) is 0 Å². The molecule has 0 aliphatic heterocycles. The highest BCUT2D eigenvalue weighted by Crippen LogP contribution is 2.27. The van der Waals surface area contributed by atoms with Crippen molar-refractivity contribution in [2.24, 2.45) is 0 Å². The Hall–Kier alpha value is -1.67. The molecule has 0 spiro atoms. The Labute approximate surface area is 109 Å². The molecule has 0 radical (unpaired) electrons. The lowest BCUT2D eigenvalue weighted by Crippen LogP contribution is -2.19. The van der Waals surface area contributed by atoms with Crippen LogP contribution in [0.25, 0.3) is 11.1 Å². The van der Waals surface area contributed by atoms with E-state index in [-0.39, 0.29) is 0 Å². The van der Waals surface area contributed by atoms with Crippen molar-refractivity contribution in [1.29, 1.82) is 0 Å². The minimum atomic E-state index is 0.370. The van der Waals surface area contributed by atoms with Crippen LogP contribution in [0, 0.1) is 0 Å². The highest BCUT2D eigenvalue weighted by atomic mass is 14.9. The zero-order chi connectivity index (χ0) is 12.8. The highest BCUT2D eigenvalue weighted by molar-refractivity contribution is 5.67. The van der Waals surface area contributed by atoms with Crippen LogP contribution < -0.4 is 5.32 Å². The third-order valence-corrected chi connectivity index (χ3v) is 3.12. The van der Waals surface area contributed by atoms with E-state index in [1.165, 1.54) is 16.7 Å². The summed E-state index contributed by atoms with van der Waals surface area (Å²) < 4.78 is 0. The lowest BCUT2D eigenvalue weighted by Gasteiger charge is -2.17. The van der Waals surface area contributed by atoms with Gasteiger partial charge in [0.15, 0.2) is 0 Å². The van der Waals surface area contributed by atoms with Gasteiger partial charge in [0, 0.05) is 18.4 Å². The van der Waals surface area contributed by atoms with E-state index >= 15 is 0 Å². The molecule has 2 aromatic rings. The van der Waals surface area contributed by atoms with Crippen molar-refractivity contribution in [2.75, 3.05) is 6.54 Å². The Morgan fingerprint density at radius 2 is 1.83 bits per heavy atom. The largest absolute Gasteiger partial charge is 0.310 e. The number of aromatic nitrogens is 1. The van der Waals surface area contributed by atoms with Gasteiger partial charge in [0.05, 0.1) is 0 Å². The quantitative estimate of drug-likeness (QED) is 0.859. The molecular formula is C16H20N2. The minimum absolute atomic E-state index is 0.370. The Morgan fingerprint density at radius 3 is 2.56 bits per heavy atom. The molecular weight excluding hydrogens is 220 g/mol. The molecule has 18 heavy (non-hydrogen) atoms. The van der Waals surface area contributed by atoms with Crippen LogP contribution in [-0.4, -0.2) is 11.5 Å². The van der Waals surface area contributed by atoms with E-state index in [2.05, 4.69) is 60.5 Å². The Morgan fingerprint density at radius 1 is 1.11 bits per heavy atom. The summed E-state index contributed by atoms with van der Waals surface area (Å²) in [5, 5.41) is 3.54. The molecule has 0 aliphatic carbocycles. The van der Waals surface area contributed by atoms with E-state index in [1.807, 2.05) is 12.4 Å². The van der Waals surface area contributed by atoms with Crippen LogP contribution in [-0.2, 0) is 0 Å². The van der Waals surface area contributed by atoms with E-state index in [4.69, 9.17) is 0 Å². The number of hydrogen-bond donors (Lipinski definition) is 1. The first-order valence-corrected chi connectivity index (χ1v) is 6.55. The van der Waals surface area contributed by atoms with Crippen molar-refractivity contribution in [3.63, 3.8) is 0 Å². The molecule has 0 saturated carbocycles. The van der Waals surface area contributed by atoms with Gasteiger partial charge in [-0.2, -0.15) is 0 Å². The summed E-state index contributed by atoms with van der Waals surface area (Å²) in [7, 11) is 0. The number of hydrogen-bond acceptors (Lipinski definition) is 2. The fourth-order valence-corrected chi connectivity index (χ4v) is 2.14. The number of nitrogens with one attached hydrogen (secondary N) is 1. The molecule has 0 aliphatic rings. The molecule has 1 aromatic heterocycles. The molecule has 1 atom stereocenters. The minimum Gasteiger partial charge on any atom is -0.310 e. The molecule has 1 heterocycles. The first kappa shape index (κ1) is 12.8. The number of rotatable bonds is 5. The third kappa shape index (κ3) is 2.96. The molecule has 0 amide bonds. The highest BCUT2D eigenvalue weighted by Gasteiger charge is 2.10. The van der Waals surface area contributed by atoms with E-state index in [0.29, 0.717) is 6.04 Å². The summed E-state index contributed by atoms with van der Waals surface area (Å²) in [5.41, 5.74) is 3.86. The first-order valence-electron chi connectivity index (χ1n) is 6.55. The van der Waals surface area contributed by atoms with Crippen molar-refractivity contribution in [3.05, 3.63) is 54.4 Å². The lowest BCUT2D eigenvalue weighted by molar-refractivity contribution is 0.572. The van der Waals surface area contributed by atoms with Gasteiger partial charge in [-0.1, -0.05) is 31.2 Å². The van der Waals surface area contributed by atoms with Crippen LogP contribution in [0.4, 0.5) is 0 Å². The average molecular weight is 240 g/mol. The average Bonchev–Trinajstić information content (AvgIpc) is 2.45. The molecule has 0 fully saturated rings. The third-order valence-electron chi connectivity index (χ3n) is 3.12. The van der Waals surface area contributed by atoms with Crippen molar-refractivity contribution in [1.82, 2.24) is 10.3 Å². The second-order valence-corrected chi connectivity index (χ2v) is 4.50. The van der Waals surface area contributed by atoms with Crippen LogP contribution in [0.5, 0.6) is 0 Å². The van der Waals surface area contributed by atoms with Crippen LogP contribution in [0.2, 0.25) is 0 Å². The zero-order valence-corrected chi connectivity index (χ0v) is 11.1. The van der Waals surface area contributed by atoms with Crippen molar-refractivity contribution < 1.29 is 0 Å². The van der Waals surface area contributed by atoms with Gasteiger partial charge < -0.3 is 5.32 Å². The zero-order valence-electron chi connectivity index (χ0n) is 11.1. The number of pyridine rings is 1. The maximum atomic E-state index is 4.08. The molecule has 1 unspecified atom stereocenters. The molecule has 2 rings (SSSR count). The monoisotopic (exact) mass is 240 g/mol. The van der Waals surface area contributed by atoms with Crippen LogP contribution >= 0.6 is 0 Å². The van der Waals surface area contributed by atoms with E-state index < -0.39 is 0 Å². The van der Waals surface area contributed by atoms with Gasteiger partial charge in [-0.15, -0.1) is 0 Å². The van der Waals surface area contributed by atoms with Gasteiger partial charge in [0.1, 0.15) is 0 Å². The summed E-state index contributed by atoms with van der Waals surface area (Å²) in [6, 6.07) is 13.1. The van der Waals surface area contributed by atoms with E-state index in [1.54, 1.807) is 0 Å². The maximum absolute atomic E-state index is 4.08. The summed E-state index contributed by atoms with van der Waals surface area (Å²) in [4.78, 5) is 4.08.